The maximum atomic E-state index is 15.0. The molecule has 2 aromatic carbocycles. The smallest absolute Gasteiger partial charge is 0.417 e. The largest absolute Gasteiger partial charge is 0.478 e. The number of benzene rings is 2. The third-order valence-electron chi connectivity index (χ3n) is 6.00. The average molecular weight is 526 g/mol. The van der Waals surface area contributed by atoms with Gasteiger partial charge < -0.3 is 15.7 Å². The molecule has 3 N–H and O–H groups in total. The van der Waals surface area contributed by atoms with Crippen LogP contribution in [0.4, 0.5) is 23.2 Å². The quantitative estimate of drug-likeness (QED) is 0.426. The van der Waals surface area contributed by atoms with E-state index in [1.54, 1.807) is 0 Å². The Bertz CT molecular complexity index is 1220. The summed E-state index contributed by atoms with van der Waals surface area (Å²) in [4.78, 5) is 24.5. The Labute approximate surface area is 210 Å². The number of carboxylic acid groups (broad SMARTS) is 1. The van der Waals surface area contributed by atoms with Crippen LogP contribution in [0.1, 0.15) is 54.6 Å². The van der Waals surface area contributed by atoms with Crippen LogP contribution in [0.25, 0.3) is 0 Å². The van der Waals surface area contributed by atoms with E-state index in [-0.39, 0.29) is 21.7 Å². The summed E-state index contributed by atoms with van der Waals surface area (Å²) in [5, 5.41) is 24.3. The lowest BCUT2D eigenvalue weighted by atomic mass is 9.77. The van der Waals surface area contributed by atoms with Gasteiger partial charge in [-0.1, -0.05) is 44.5 Å². The van der Waals surface area contributed by atoms with Gasteiger partial charge in [0.25, 0.3) is 0 Å². The minimum atomic E-state index is -4.98. The second kappa shape index (κ2) is 10.1. The fourth-order valence-corrected chi connectivity index (χ4v) is 4.75. The molecule has 6 nitrogen and oxygen atoms in total. The normalized spacial score (nSPS) is 22.2. The summed E-state index contributed by atoms with van der Waals surface area (Å²) in [6.07, 6.45) is -4.52. The summed E-state index contributed by atoms with van der Waals surface area (Å²) in [6, 6.07) is 7.01. The van der Waals surface area contributed by atoms with Crippen LogP contribution in [0, 0.1) is 28.5 Å². The first-order valence-electron chi connectivity index (χ1n) is 11.0. The van der Waals surface area contributed by atoms with Gasteiger partial charge in [-0.05, 0) is 41.7 Å². The number of rotatable bonds is 5. The number of carboxylic acids is 1. The van der Waals surface area contributed by atoms with Gasteiger partial charge in [0, 0.05) is 17.6 Å². The summed E-state index contributed by atoms with van der Waals surface area (Å²) in [5.74, 6) is -5.18. The molecule has 1 aliphatic rings. The van der Waals surface area contributed by atoms with Crippen LogP contribution >= 0.6 is 11.6 Å². The van der Waals surface area contributed by atoms with E-state index in [0.29, 0.717) is 12.5 Å². The molecule has 0 aromatic heterocycles. The Morgan fingerprint density at radius 3 is 2.42 bits per heavy atom. The van der Waals surface area contributed by atoms with Gasteiger partial charge in [-0.15, -0.1) is 0 Å². The first-order valence-corrected chi connectivity index (χ1v) is 11.4. The fourth-order valence-electron chi connectivity index (χ4n) is 4.56. The standard InChI is InChI=1S/C25H24ClF4N3O3/c1-24(2,3)10-18-15(11-31)19(14-5-4-6-17(26)20(14)27)21(33-18)22(34)32-12-7-8-13(23(35)36)16(9-12)25(28,29)30/h4-9,15,18-19,21,33H,10H2,1-3H3,(H,32,34)(H,35,36)/t15?,18?,19?,21-/m1/s1. The van der Waals surface area contributed by atoms with Crippen LogP contribution in [0.5, 0.6) is 0 Å². The number of alkyl halides is 3. The molecule has 0 aliphatic carbocycles. The maximum Gasteiger partial charge on any atom is 0.417 e. The Balaban J connectivity index is 2.02. The molecule has 11 heteroatoms. The van der Waals surface area contributed by atoms with Crippen molar-refractivity contribution in [1.29, 1.82) is 5.26 Å². The average Bonchev–Trinajstić information content (AvgIpc) is 3.11. The molecule has 0 radical (unpaired) electrons. The molecule has 3 rings (SSSR count). The highest BCUT2D eigenvalue weighted by Crippen LogP contribution is 2.42. The molecule has 4 atom stereocenters. The number of anilines is 1. The first kappa shape index (κ1) is 27.4. The van der Waals surface area contributed by atoms with E-state index >= 15 is 4.39 Å². The van der Waals surface area contributed by atoms with Crippen molar-refractivity contribution in [2.45, 2.75) is 51.4 Å². The fraction of sp³-hybridized carbons (Fsp3) is 0.400. The summed E-state index contributed by atoms with van der Waals surface area (Å²) in [6.45, 7) is 5.82. The van der Waals surface area contributed by atoms with Gasteiger partial charge in [0.15, 0.2) is 0 Å². The van der Waals surface area contributed by atoms with E-state index in [1.807, 2.05) is 20.8 Å². The van der Waals surface area contributed by atoms with Crippen LogP contribution in [-0.4, -0.2) is 29.1 Å². The highest BCUT2D eigenvalue weighted by atomic mass is 35.5. The van der Waals surface area contributed by atoms with Gasteiger partial charge in [-0.2, -0.15) is 18.4 Å². The number of hydrogen-bond donors (Lipinski definition) is 3. The molecular formula is C25H24ClF4N3O3. The molecule has 1 fully saturated rings. The molecule has 192 valence electrons. The van der Waals surface area contributed by atoms with Crippen LogP contribution in [0.3, 0.4) is 0 Å². The van der Waals surface area contributed by atoms with Crippen molar-refractivity contribution >= 4 is 29.2 Å². The molecule has 0 saturated carbocycles. The molecular weight excluding hydrogens is 502 g/mol. The predicted molar refractivity (Wildman–Crippen MR) is 125 cm³/mol. The molecule has 0 spiro atoms. The van der Waals surface area contributed by atoms with Crippen molar-refractivity contribution in [2.24, 2.45) is 11.3 Å². The number of carbonyl (C=O) groups excluding carboxylic acids is 1. The Hall–Kier alpha value is -3.16. The van der Waals surface area contributed by atoms with Crippen molar-refractivity contribution in [2.75, 3.05) is 5.32 Å². The van der Waals surface area contributed by atoms with Crippen LogP contribution < -0.4 is 10.6 Å². The first-order chi connectivity index (χ1) is 16.6. The molecule has 36 heavy (non-hydrogen) atoms. The molecule has 1 heterocycles. The van der Waals surface area contributed by atoms with Gasteiger partial charge in [-0.3, -0.25) is 4.79 Å². The Morgan fingerprint density at radius 2 is 1.86 bits per heavy atom. The molecule has 1 amide bonds. The number of halogens is 5. The van der Waals surface area contributed by atoms with Crippen molar-refractivity contribution in [3.8, 4) is 6.07 Å². The highest BCUT2D eigenvalue weighted by molar-refractivity contribution is 6.30. The SMILES string of the molecule is CC(C)(C)CC1N[C@@H](C(=O)Nc2ccc(C(=O)O)c(C(F)(F)F)c2)C(c2cccc(Cl)c2F)C1C#N. The zero-order valence-electron chi connectivity index (χ0n) is 19.6. The van der Waals surface area contributed by atoms with Crippen molar-refractivity contribution in [3.63, 3.8) is 0 Å². The van der Waals surface area contributed by atoms with Crippen LogP contribution in [-0.2, 0) is 11.0 Å². The predicted octanol–water partition coefficient (Wildman–Crippen LogP) is 5.83. The molecule has 0 bridgehead atoms. The monoisotopic (exact) mass is 525 g/mol. The lowest BCUT2D eigenvalue weighted by Crippen LogP contribution is -2.42. The number of nitrogens with zero attached hydrogens (tertiary/aromatic N) is 1. The minimum Gasteiger partial charge on any atom is -0.478 e. The van der Waals surface area contributed by atoms with Gasteiger partial charge in [-0.25, -0.2) is 9.18 Å². The molecule has 3 unspecified atom stereocenters. The van der Waals surface area contributed by atoms with E-state index in [9.17, 15) is 28.0 Å². The Kier molecular flexibility index (Phi) is 7.67. The number of nitriles is 1. The van der Waals surface area contributed by atoms with E-state index in [4.69, 9.17) is 16.7 Å². The lowest BCUT2D eigenvalue weighted by molar-refractivity contribution is -0.138. The molecule has 1 aliphatic heterocycles. The summed E-state index contributed by atoms with van der Waals surface area (Å²) in [7, 11) is 0. The van der Waals surface area contributed by atoms with E-state index in [0.717, 1.165) is 12.1 Å². The summed E-state index contributed by atoms with van der Waals surface area (Å²) >= 11 is 5.95. The number of hydrogen-bond acceptors (Lipinski definition) is 4. The van der Waals surface area contributed by atoms with Gasteiger partial charge >= 0.3 is 12.1 Å². The van der Waals surface area contributed by atoms with Crippen molar-refractivity contribution < 1.29 is 32.3 Å². The van der Waals surface area contributed by atoms with Crippen LogP contribution in [0.2, 0.25) is 5.02 Å². The third-order valence-corrected chi connectivity index (χ3v) is 6.29. The van der Waals surface area contributed by atoms with Crippen LogP contribution in [0.15, 0.2) is 36.4 Å². The van der Waals surface area contributed by atoms with E-state index < -0.39 is 58.9 Å². The number of carbonyl (C=O) groups is 2. The molecule has 2 aromatic rings. The van der Waals surface area contributed by atoms with Crippen molar-refractivity contribution in [1.82, 2.24) is 5.32 Å². The van der Waals surface area contributed by atoms with Gasteiger partial charge in [0.2, 0.25) is 5.91 Å². The molecule has 1 saturated heterocycles. The number of nitrogens with one attached hydrogen (secondary N) is 2. The zero-order chi connectivity index (χ0) is 27.0. The minimum absolute atomic E-state index is 0.0373. The van der Waals surface area contributed by atoms with Gasteiger partial charge in [0.1, 0.15) is 5.82 Å². The van der Waals surface area contributed by atoms with E-state index in [2.05, 4.69) is 16.7 Å². The third kappa shape index (κ3) is 5.79. The zero-order valence-corrected chi connectivity index (χ0v) is 20.3. The number of aromatic carboxylic acids is 1. The lowest BCUT2D eigenvalue weighted by Gasteiger charge is -2.25. The summed E-state index contributed by atoms with van der Waals surface area (Å²) < 4.78 is 55.3. The number of amides is 1. The second-order valence-electron chi connectivity index (χ2n) is 9.89. The Morgan fingerprint density at radius 1 is 1.19 bits per heavy atom. The summed E-state index contributed by atoms with van der Waals surface area (Å²) in [5.41, 5.74) is -2.91. The topological polar surface area (TPSA) is 102 Å². The van der Waals surface area contributed by atoms with E-state index in [1.165, 1.54) is 18.2 Å². The second-order valence-corrected chi connectivity index (χ2v) is 10.3. The maximum absolute atomic E-state index is 15.0. The van der Waals surface area contributed by atoms with Gasteiger partial charge in [0.05, 0.1) is 34.2 Å². The van der Waals surface area contributed by atoms with Crippen molar-refractivity contribution in [3.05, 3.63) is 63.9 Å². The highest BCUT2D eigenvalue weighted by Gasteiger charge is 2.49.